The third-order valence-corrected chi connectivity index (χ3v) is 5.67. The number of hydrogen-bond acceptors (Lipinski definition) is 5. The summed E-state index contributed by atoms with van der Waals surface area (Å²) in [7, 11) is 1.88. The summed E-state index contributed by atoms with van der Waals surface area (Å²) in [6.45, 7) is 8.89. The topological polar surface area (TPSA) is 82.0 Å². The van der Waals surface area contributed by atoms with Crippen LogP contribution in [-0.4, -0.2) is 42.1 Å². The summed E-state index contributed by atoms with van der Waals surface area (Å²) in [5.41, 5.74) is 5.74. The van der Waals surface area contributed by atoms with Gasteiger partial charge in [-0.15, -0.1) is 0 Å². The molecule has 4 rings (SSSR count). The maximum absolute atomic E-state index is 13.1. The molecule has 0 spiro atoms. The predicted octanol–water partition coefficient (Wildman–Crippen LogP) is 2.87. The van der Waals surface area contributed by atoms with E-state index in [1.54, 1.807) is 4.68 Å². The van der Waals surface area contributed by atoms with E-state index in [2.05, 4.69) is 15.4 Å². The molecule has 0 aromatic carbocycles. The lowest BCUT2D eigenvalue weighted by Gasteiger charge is -2.24. The average molecular weight is 382 g/mol. The van der Waals surface area contributed by atoms with Crippen molar-refractivity contribution in [3.63, 3.8) is 0 Å². The zero-order valence-electron chi connectivity index (χ0n) is 17.1. The normalized spacial score (nSPS) is 16.9. The van der Waals surface area contributed by atoms with Crippen LogP contribution in [0.15, 0.2) is 16.8 Å². The first-order chi connectivity index (χ1) is 13.3. The number of rotatable bonds is 4. The van der Waals surface area contributed by atoms with Gasteiger partial charge in [0.25, 0.3) is 0 Å². The number of aryl methyl sites for hydroxylation is 3. The van der Waals surface area contributed by atoms with Crippen LogP contribution in [0.2, 0.25) is 0 Å². The molecule has 1 amide bonds. The third kappa shape index (κ3) is 3.12. The SMILES string of the molecule is Cc1cc(-c2cn(C)nc2[C@@H]2CCCN2C(=O)Cn2nc(C)c(C)c2C)on1. The molecule has 1 fully saturated rings. The van der Waals surface area contributed by atoms with Crippen LogP contribution in [0, 0.1) is 27.7 Å². The minimum atomic E-state index is -0.0628. The molecule has 0 N–H and O–H groups in total. The lowest BCUT2D eigenvalue weighted by molar-refractivity contribution is -0.133. The molecule has 4 heterocycles. The second kappa shape index (κ2) is 6.92. The highest BCUT2D eigenvalue weighted by Gasteiger charge is 2.34. The summed E-state index contributed by atoms with van der Waals surface area (Å²) in [5, 5.41) is 13.2. The Morgan fingerprint density at radius 2 is 2.04 bits per heavy atom. The highest BCUT2D eigenvalue weighted by atomic mass is 16.5. The standard InChI is InChI=1S/C20H26N6O2/c1-12-9-18(28-23-12)16-10-24(5)22-20(16)17-7-6-8-25(17)19(27)11-26-15(4)13(2)14(3)21-26/h9-10,17H,6-8,11H2,1-5H3/t17-/m0/s1. The maximum atomic E-state index is 13.1. The highest BCUT2D eigenvalue weighted by Crippen LogP contribution is 2.37. The molecular formula is C20H26N6O2. The smallest absolute Gasteiger partial charge is 0.244 e. The zero-order valence-corrected chi connectivity index (χ0v) is 17.1. The number of likely N-dealkylation sites (tertiary alicyclic amines) is 1. The van der Waals surface area contributed by atoms with E-state index in [-0.39, 0.29) is 18.5 Å². The van der Waals surface area contributed by atoms with Gasteiger partial charge in [0.1, 0.15) is 6.54 Å². The molecule has 0 aliphatic carbocycles. The minimum absolute atomic E-state index is 0.0628. The van der Waals surface area contributed by atoms with E-state index < -0.39 is 0 Å². The Kier molecular flexibility index (Phi) is 4.56. The molecule has 0 radical (unpaired) electrons. The summed E-state index contributed by atoms with van der Waals surface area (Å²) < 4.78 is 9.04. The van der Waals surface area contributed by atoms with Gasteiger partial charge in [0, 0.05) is 31.5 Å². The Bertz CT molecular complexity index is 1030. The minimum Gasteiger partial charge on any atom is -0.356 e. The third-order valence-electron chi connectivity index (χ3n) is 5.67. The summed E-state index contributed by atoms with van der Waals surface area (Å²) in [6.07, 6.45) is 3.78. The second-order valence-corrected chi connectivity index (χ2v) is 7.63. The van der Waals surface area contributed by atoms with E-state index in [4.69, 9.17) is 4.52 Å². The Hall–Kier alpha value is -2.90. The van der Waals surface area contributed by atoms with Crippen LogP contribution in [0.25, 0.3) is 11.3 Å². The van der Waals surface area contributed by atoms with Crippen LogP contribution in [0.1, 0.15) is 47.2 Å². The number of nitrogens with zero attached hydrogens (tertiary/aromatic N) is 6. The molecule has 0 saturated carbocycles. The molecule has 8 nitrogen and oxygen atoms in total. The van der Waals surface area contributed by atoms with Crippen molar-refractivity contribution in [1.82, 2.24) is 29.6 Å². The maximum Gasteiger partial charge on any atom is 0.244 e. The van der Waals surface area contributed by atoms with Gasteiger partial charge in [0.05, 0.1) is 28.7 Å². The van der Waals surface area contributed by atoms with Crippen molar-refractivity contribution in [1.29, 1.82) is 0 Å². The number of carbonyl (C=O) groups is 1. The van der Waals surface area contributed by atoms with Crippen LogP contribution in [-0.2, 0) is 18.4 Å². The molecule has 8 heteroatoms. The van der Waals surface area contributed by atoms with Crippen molar-refractivity contribution in [3.8, 4) is 11.3 Å². The lowest BCUT2D eigenvalue weighted by atomic mass is 10.1. The van der Waals surface area contributed by atoms with Crippen LogP contribution in [0.3, 0.4) is 0 Å². The molecule has 0 unspecified atom stereocenters. The number of carbonyl (C=O) groups excluding carboxylic acids is 1. The van der Waals surface area contributed by atoms with Crippen molar-refractivity contribution < 1.29 is 9.32 Å². The van der Waals surface area contributed by atoms with Crippen molar-refractivity contribution in [2.24, 2.45) is 7.05 Å². The number of hydrogen-bond donors (Lipinski definition) is 0. The molecule has 0 bridgehead atoms. The molecule has 28 heavy (non-hydrogen) atoms. The zero-order chi connectivity index (χ0) is 20.0. The largest absolute Gasteiger partial charge is 0.356 e. The van der Waals surface area contributed by atoms with Gasteiger partial charge in [-0.25, -0.2) is 0 Å². The molecule has 1 atom stereocenters. The molecule has 1 aliphatic rings. The first kappa shape index (κ1) is 18.5. The van der Waals surface area contributed by atoms with E-state index in [1.807, 2.05) is 56.6 Å². The number of aromatic nitrogens is 5. The van der Waals surface area contributed by atoms with Gasteiger partial charge in [-0.3, -0.25) is 14.2 Å². The van der Waals surface area contributed by atoms with Gasteiger partial charge < -0.3 is 9.42 Å². The summed E-state index contributed by atoms with van der Waals surface area (Å²) in [5.74, 6) is 0.757. The summed E-state index contributed by atoms with van der Waals surface area (Å²) in [6, 6.07) is 1.84. The predicted molar refractivity (Wildman–Crippen MR) is 104 cm³/mol. The monoisotopic (exact) mass is 382 g/mol. The van der Waals surface area contributed by atoms with E-state index in [0.29, 0.717) is 5.76 Å². The second-order valence-electron chi connectivity index (χ2n) is 7.63. The Morgan fingerprint density at radius 3 is 2.68 bits per heavy atom. The molecule has 148 valence electrons. The molecule has 1 aliphatic heterocycles. The van der Waals surface area contributed by atoms with Crippen molar-refractivity contribution in [2.45, 2.75) is 53.1 Å². The summed E-state index contributed by atoms with van der Waals surface area (Å²) in [4.78, 5) is 15.1. The van der Waals surface area contributed by atoms with E-state index in [1.165, 1.54) is 0 Å². The van der Waals surface area contributed by atoms with Gasteiger partial charge in [-0.2, -0.15) is 10.2 Å². The van der Waals surface area contributed by atoms with Crippen molar-refractivity contribution in [2.75, 3.05) is 6.54 Å². The van der Waals surface area contributed by atoms with Gasteiger partial charge in [0.2, 0.25) is 5.91 Å². The Balaban J connectivity index is 1.62. The first-order valence-electron chi connectivity index (χ1n) is 9.62. The van der Waals surface area contributed by atoms with E-state index in [9.17, 15) is 4.79 Å². The molecule has 3 aromatic rings. The fraction of sp³-hybridized carbons (Fsp3) is 0.500. The molecule has 1 saturated heterocycles. The van der Waals surface area contributed by atoms with Crippen molar-refractivity contribution >= 4 is 5.91 Å². The summed E-state index contributed by atoms with van der Waals surface area (Å²) >= 11 is 0. The Labute approximate surface area is 164 Å². The van der Waals surface area contributed by atoms with Gasteiger partial charge in [-0.05, 0) is 46.1 Å². The van der Waals surface area contributed by atoms with Crippen LogP contribution >= 0.6 is 0 Å². The van der Waals surface area contributed by atoms with Crippen LogP contribution in [0.5, 0.6) is 0 Å². The van der Waals surface area contributed by atoms with Crippen LogP contribution in [0.4, 0.5) is 0 Å². The fourth-order valence-electron chi connectivity index (χ4n) is 3.94. The first-order valence-corrected chi connectivity index (χ1v) is 9.62. The Morgan fingerprint density at radius 1 is 1.25 bits per heavy atom. The highest BCUT2D eigenvalue weighted by molar-refractivity contribution is 5.77. The van der Waals surface area contributed by atoms with E-state index >= 15 is 0 Å². The van der Waals surface area contributed by atoms with Gasteiger partial charge in [-0.1, -0.05) is 5.16 Å². The van der Waals surface area contributed by atoms with Gasteiger partial charge >= 0.3 is 0 Å². The van der Waals surface area contributed by atoms with E-state index in [0.717, 1.165) is 53.3 Å². The number of amides is 1. The molecular weight excluding hydrogens is 356 g/mol. The lowest BCUT2D eigenvalue weighted by Crippen LogP contribution is -2.34. The van der Waals surface area contributed by atoms with Crippen molar-refractivity contribution in [3.05, 3.63) is 40.6 Å². The quantitative estimate of drug-likeness (QED) is 0.693. The fourth-order valence-corrected chi connectivity index (χ4v) is 3.94. The molecule has 3 aromatic heterocycles. The van der Waals surface area contributed by atoms with Gasteiger partial charge in [0.15, 0.2) is 5.76 Å². The average Bonchev–Trinajstić information content (AvgIpc) is 3.41. The van der Waals surface area contributed by atoms with Crippen LogP contribution < -0.4 is 0 Å².